The number of nitrogens with zero attached hydrogens (tertiary/aromatic N) is 2. The number of fused-ring (bicyclic) bond motifs is 1. The van der Waals surface area contributed by atoms with Crippen molar-refractivity contribution in [2.24, 2.45) is 0 Å². The summed E-state index contributed by atoms with van der Waals surface area (Å²) in [6.07, 6.45) is 5.48. The van der Waals surface area contributed by atoms with Gasteiger partial charge in [-0.3, -0.25) is 4.98 Å². The van der Waals surface area contributed by atoms with Gasteiger partial charge in [0.2, 0.25) is 0 Å². The molecule has 0 unspecified atom stereocenters. The van der Waals surface area contributed by atoms with Gasteiger partial charge in [0.1, 0.15) is 0 Å². The summed E-state index contributed by atoms with van der Waals surface area (Å²) in [4.78, 5) is 9.04. The maximum atomic E-state index is 4.62. The third-order valence-electron chi connectivity index (χ3n) is 2.68. The summed E-state index contributed by atoms with van der Waals surface area (Å²) >= 11 is 0. The van der Waals surface area contributed by atoms with Crippen LogP contribution in [-0.2, 0) is 0 Å². The molecule has 0 fully saturated rings. The lowest BCUT2D eigenvalue weighted by Crippen LogP contribution is -2.04. The molecule has 0 aliphatic heterocycles. The first kappa shape index (κ1) is 12.3. The van der Waals surface area contributed by atoms with Crippen LogP contribution < -0.4 is 5.32 Å². The number of hydrogen-bond donors (Lipinski definition) is 1. The van der Waals surface area contributed by atoms with E-state index in [-0.39, 0.29) is 0 Å². The van der Waals surface area contributed by atoms with Crippen LogP contribution in [0.2, 0.25) is 0 Å². The van der Waals surface area contributed by atoms with Crippen LogP contribution in [0, 0.1) is 6.92 Å². The van der Waals surface area contributed by atoms with Crippen molar-refractivity contribution in [3.05, 3.63) is 54.5 Å². The van der Waals surface area contributed by atoms with Gasteiger partial charge in [0.15, 0.2) is 0 Å². The molecule has 1 heterocycles. The second kappa shape index (κ2) is 5.45. The fourth-order valence-electron chi connectivity index (χ4n) is 1.71. The molecule has 0 aliphatic rings. The van der Waals surface area contributed by atoms with Crippen LogP contribution in [0.4, 0.5) is 0 Å². The van der Waals surface area contributed by atoms with Gasteiger partial charge in [0, 0.05) is 18.3 Å². The Hall–Kier alpha value is -2.16. The second-order valence-corrected chi connectivity index (χ2v) is 4.11. The Balaban J connectivity index is 2.48. The van der Waals surface area contributed by atoms with Gasteiger partial charge in [-0.25, -0.2) is 4.98 Å². The summed E-state index contributed by atoms with van der Waals surface area (Å²) in [6, 6.07) is 6.07. The molecule has 0 saturated heterocycles. The Labute approximate surface area is 107 Å². The monoisotopic (exact) mass is 239 g/mol. The van der Waals surface area contributed by atoms with E-state index in [0.29, 0.717) is 0 Å². The molecular weight excluding hydrogens is 222 g/mol. The summed E-state index contributed by atoms with van der Waals surface area (Å²) in [5, 5.41) is 3.16. The van der Waals surface area contributed by atoms with Crippen molar-refractivity contribution in [2.75, 3.05) is 6.54 Å². The standard InChI is InChI=1S/C15H17N3/c1-4-12(9-16-5-2)15-10-17-13-7-6-11(3)8-14(13)18-15/h4,6-10,16H,1,5H2,2-3H3/b12-9+. The first-order valence-corrected chi connectivity index (χ1v) is 6.04. The minimum Gasteiger partial charge on any atom is -0.391 e. The number of allylic oxidation sites excluding steroid dienone is 2. The van der Waals surface area contributed by atoms with Crippen molar-refractivity contribution >= 4 is 16.6 Å². The van der Waals surface area contributed by atoms with E-state index in [0.717, 1.165) is 28.8 Å². The Kier molecular flexibility index (Phi) is 3.72. The second-order valence-electron chi connectivity index (χ2n) is 4.11. The van der Waals surface area contributed by atoms with Gasteiger partial charge in [-0.15, -0.1) is 0 Å². The molecule has 1 N–H and O–H groups in total. The smallest absolute Gasteiger partial charge is 0.0907 e. The number of aryl methyl sites for hydroxylation is 1. The highest BCUT2D eigenvalue weighted by atomic mass is 14.8. The Morgan fingerprint density at radius 2 is 2.22 bits per heavy atom. The van der Waals surface area contributed by atoms with Crippen LogP contribution in [0.5, 0.6) is 0 Å². The average Bonchev–Trinajstić information content (AvgIpc) is 2.39. The highest BCUT2D eigenvalue weighted by Crippen LogP contribution is 2.16. The molecule has 0 spiro atoms. The SMILES string of the molecule is C=C/C(=C\NCC)c1cnc2ccc(C)cc2n1. The normalized spacial score (nSPS) is 11.6. The molecule has 18 heavy (non-hydrogen) atoms. The van der Waals surface area contributed by atoms with E-state index in [4.69, 9.17) is 0 Å². The van der Waals surface area contributed by atoms with E-state index >= 15 is 0 Å². The van der Waals surface area contributed by atoms with Crippen molar-refractivity contribution in [3.63, 3.8) is 0 Å². The zero-order valence-corrected chi connectivity index (χ0v) is 10.8. The van der Waals surface area contributed by atoms with Crippen molar-refractivity contribution in [1.82, 2.24) is 15.3 Å². The van der Waals surface area contributed by atoms with Crippen LogP contribution >= 0.6 is 0 Å². The topological polar surface area (TPSA) is 37.8 Å². The zero-order chi connectivity index (χ0) is 13.0. The van der Waals surface area contributed by atoms with Crippen LogP contribution in [0.1, 0.15) is 18.2 Å². The molecule has 3 nitrogen and oxygen atoms in total. The number of benzene rings is 1. The number of nitrogens with one attached hydrogen (secondary N) is 1. The zero-order valence-electron chi connectivity index (χ0n) is 10.8. The summed E-state index contributed by atoms with van der Waals surface area (Å²) in [5.41, 5.74) is 4.80. The molecule has 0 radical (unpaired) electrons. The number of aromatic nitrogens is 2. The predicted octanol–water partition coefficient (Wildman–Crippen LogP) is 3.07. The lowest BCUT2D eigenvalue weighted by Gasteiger charge is -2.04. The minimum atomic E-state index is 0.837. The maximum absolute atomic E-state index is 4.62. The Morgan fingerprint density at radius 3 is 2.94 bits per heavy atom. The highest BCUT2D eigenvalue weighted by molar-refractivity contribution is 5.79. The van der Waals surface area contributed by atoms with Crippen molar-refractivity contribution < 1.29 is 0 Å². The van der Waals surface area contributed by atoms with Gasteiger partial charge < -0.3 is 5.32 Å². The van der Waals surface area contributed by atoms with Gasteiger partial charge in [-0.2, -0.15) is 0 Å². The Bertz CT molecular complexity index is 600. The van der Waals surface area contributed by atoms with Crippen LogP contribution in [-0.4, -0.2) is 16.5 Å². The number of hydrogen-bond acceptors (Lipinski definition) is 3. The molecule has 3 heteroatoms. The first-order valence-electron chi connectivity index (χ1n) is 6.04. The molecule has 2 rings (SSSR count). The van der Waals surface area contributed by atoms with Gasteiger partial charge in [-0.05, 0) is 31.5 Å². The fraction of sp³-hybridized carbons (Fsp3) is 0.200. The average molecular weight is 239 g/mol. The van der Waals surface area contributed by atoms with E-state index < -0.39 is 0 Å². The molecule has 1 aromatic heterocycles. The summed E-state index contributed by atoms with van der Waals surface area (Å²) in [7, 11) is 0. The Morgan fingerprint density at radius 1 is 1.39 bits per heavy atom. The minimum absolute atomic E-state index is 0.837. The van der Waals surface area contributed by atoms with Gasteiger partial charge in [0.25, 0.3) is 0 Å². The summed E-state index contributed by atoms with van der Waals surface area (Å²) in [5.74, 6) is 0. The van der Waals surface area contributed by atoms with Crippen LogP contribution in [0.15, 0.2) is 43.3 Å². The molecule has 0 amide bonds. The molecule has 0 aliphatic carbocycles. The third kappa shape index (κ3) is 2.56. The molecule has 1 aromatic carbocycles. The quantitative estimate of drug-likeness (QED) is 0.833. The molecular formula is C15H17N3. The summed E-state index contributed by atoms with van der Waals surface area (Å²) in [6.45, 7) is 8.78. The van der Waals surface area contributed by atoms with Crippen molar-refractivity contribution in [1.29, 1.82) is 0 Å². The van der Waals surface area contributed by atoms with E-state index in [2.05, 4.69) is 28.8 Å². The first-order chi connectivity index (χ1) is 8.74. The van der Waals surface area contributed by atoms with Crippen molar-refractivity contribution in [2.45, 2.75) is 13.8 Å². The largest absolute Gasteiger partial charge is 0.391 e. The van der Waals surface area contributed by atoms with E-state index in [9.17, 15) is 0 Å². The van der Waals surface area contributed by atoms with Crippen molar-refractivity contribution in [3.8, 4) is 0 Å². The van der Waals surface area contributed by atoms with Gasteiger partial charge in [0.05, 0.1) is 22.9 Å². The third-order valence-corrected chi connectivity index (χ3v) is 2.68. The van der Waals surface area contributed by atoms with Crippen LogP contribution in [0.25, 0.3) is 16.6 Å². The molecule has 0 atom stereocenters. The van der Waals surface area contributed by atoms with Crippen LogP contribution in [0.3, 0.4) is 0 Å². The van der Waals surface area contributed by atoms with Gasteiger partial charge >= 0.3 is 0 Å². The molecule has 2 aromatic rings. The highest BCUT2D eigenvalue weighted by Gasteiger charge is 2.03. The van der Waals surface area contributed by atoms with E-state index in [1.54, 1.807) is 12.3 Å². The maximum Gasteiger partial charge on any atom is 0.0907 e. The number of rotatable bonds is 4. The van der Waals surface area contributed by atoms with Gasteiger partial charge in [-0.1, -0.05) is 18.7 Å². The predicted molar refractivity (Wildman–Crippen MR) is 76.1 cm³/mol. The molecule has 0 saturated carbocycles. The fourth-order valence-corrected chi connectivity index (χ4v) is 1.71. The molecule has 0 bridgehead atoms. The lowest BCUT2D eigenvalue weighted by molar-refractivity contribution is 0.921. The lowest BCUT2D eigenvalue weighted by atomic mass is 10.2. The molecule has 92 valence electrons. The van der Waals surface area contributed by atoms with E-state index in [1.807, 2.05) is 31.3 Å². The van der Waals surface area contributed by atoms with E-state index in [1.165, 1.54) is 5.56 Å². The summed E-state index contributed by atoms with van der Waals surface area (Å²) < 4.78 is 0.